The number of nitrogens with zero attached hydrogens (tertiary/aromatic N) is 2. The van der Waals surface area contributed by atoms with Gasteiger partial charge >= 0.3 is 0 Å². The zero-order valence-electron chi connectivity index (χ0n) is 16.2. The molecule has 1 aliphatic heterocycles. The molecule has 6 nitrogen and oxygen atoms in total. The maximum atomic E-state index is 12.4. The van der Waals surface area contributed by atoms with Gasteiger partial charge in [-0.25, -0.2) is 0 Å². The van der Waals surface area contributed by atoms with Crippen molar-refractivity contribution in [1.29, 1.82) is 0 Å². The van der Waals surface area contributed by atoms with Gasteiger partial charge in [0.15, 0.2) is 5.76 Å². The smallest absolute Gasteiger partial charge is 0.287 e. The Morgan fingerprint density at radius 2 is 2.12 bits per heavy atom. The molecule has 6 heteroatoms. The minimum atomic E-state index is -0.118. The monoisotopic (exact) mass is 358 g/mol. The highest BCUT2D eigenvalue weighted by Crippen LogP contribution is 2.21. The van der Waals surface area contributed by atoms with Crippen molar-refractivity contribution >= 4 is 5.91 Å². The molecule has 0 radical (unpaired) electrons. The van der Waals surface area contributed by atoms with Gasteiger partial charge in [0.25, 0.3) is 5.91 Å². The SMILES string of the molecule is CCc1oc(C(=O)NCCCc2c(C)n[nH]c2C)cc1CN1CCCC1. The second-order valence-corrected chi connectivity index (χ2v) is 7.17. The van der Waals surface area contributed by atoms with E-state index in [4.69, 9.17) is 4.42 Å². The van der Waals surface area contributed by atoms with E-state index in [-0.39, 0.29) is 5.91 Å². The average molecular weight is 358 g/mol. The lowest BCUT2D eigenvalue weighted by Crippen LogP contribution is -2.24. The van der Waals surface area contributed by atoms with Gasteiger partial charge < -0.3 is 9.73 Å². The molecule has 0 bridgehead atoms. The molecular weight excluding hydrogens is 328 g/mol. The minimum absolute atomic E-state index is 0.118. The first-order valence-corrected chi connectivity index (χ1v) is 9.71. The Hall–Kier alpha value is -2.08. The zero-order chi connectivity index (χ0) is 18.5. The Balaban J connectivity index is 1.51. The van der Waals surface area contributed by atoms with Gasteiger partial charge in [0.05, 0.1) is 5.69 Å². The molecule has 0 aliphatic carbocycles. The number of rotatable bonds is 8. The molecule has 1 aliphatic rings. The molecule has 2 aromatic heterocycles. The van der Waals surface area contributed by atoms with Gasteiger partial charge in [0.2, 0.25) is 0 Å². The first kappa shape index (κ1) is 18.7. The number of nitrogens with one attached hydrogen (secondary N) is 2. The summed E-state index contributed by atoms with van der Waals surface area (Å²) < 4.78 is 5.82. The van der Waals surface area contributed by atoms with E-state index in [0.29, 0.717) is 12.3 Å². The Morgan fingerprint density at radius 1 is 1.35 bits per heavy atom. The molecule has 1 amide bonds. The van der Waals surface area contributed by atoms with Crippen LogP contribution in [0.15, 0.2) is 10.5 Å². The lowest BCUT2D eigenvalue weighted by atomic mass is 10.1. The third-order valence-corrected chi connectivity index (χ3v) is 5.20. The molecule has 3 heterocycles. The Kier molecular flexibility index (Phi) is 6.14. The number of aromatic nitrogens is 2. The standard InChI is InChI=1S/C20H30N4O2/c1-4-18-16(13-24-10-5-6-11-24)12-19(26-18)20(25)21-9-7-8-17-14(2)22-23-15(17)3/h12H,4-11,13H2,1-3H3,(H,21,25)(H,22,23). The average Bonchev–Trinajstić information content (AvgIpc) is 3.35. The van der Waals surface area contributed by atoms with Crippen LogP contribution in [0.25, 0.3) is 0 Å². The number of carbonyl (C=O) groups is 1. The summed E-state index contributed by atoms with van der Waals surface area (Å²) in [5, 5.41) is 10.2. The number of likely N-dealkylation sites (tertiary alicyclic amines) is 1. The summed E-state index contributed by atoms with van der Waals surface area (Å²) in [5.74, 6) is 1.26. The summed E-state index contributed by atoms with van der Waals surface area (Å²) >= 11 is 0. The lowest BCUT2D eigenvalue weighted by molar-refractivity contribution is 0.0924. The molecule has 2 N–H and O–H groups in total. The van der Waals surface area contributed by atoms with Gasteiger partial charge in [-0.2, -0.15) is 5.10 Å². The van der Waals surface area contributed by atoms with Gasteiger partial charge in [-0.1, -0.05) is 6.92 Å². The van der Waals surface area contributed by atoms with Gasteiger partial charge in [-0.05, 0) is 64.3 Å². The summed E-state index contributed by atoms with van der Waals surface area (Å²) in [6, 6.07) is 1.93. The van der Waals surface area contributed by atoms with Crippen LogP contribution in [0.1, 0.15) is 65.0 Å². The van der Waals surface area contributed by atoms with Crippen LogP contribution in [0.5, 0.6) is 0 Å². The fourth-order valence-electron chi connectivity index (χ4n) is 3.69. The van der Waals surface area contributed by atoms with E-state index in [1.807, 2.05) is 19.9 Å². The maximum absolute atomic E-state index is 12.4. The van der Waals surface area contributed by atoms with Gasteiger partial charge in [0, 0.05) is 30.8 Å². The predicted octanol–water partition coefficient (Wildman–Crippen LogP) is 3.14. The molecule has 1 fully saturated rings. The molecule has 0 saturated carbocycles. The number of H-pyrrole nitrogens is 1. The van der Waals surface area contributed by atoms with Crippen molar-refractivity contribution in [3.63, 3.8) is 0 Å². The fourth-order valence-corrected chi connectivity index (χ4v) is 3.69. The van der Waals surface area contributed by atoms with Crippen LogP contribution < -0.4 is 5.32 Å². The van der Waals surface area contributed by atoms with Crippen molar-refractivity contribution in [2.75, 3.05) is 19.6 Å². The van der Waals surface area contributed by atoms with E-state index in [9.17, 15) is 4.79 Å². The highest BCUT2D eigenvalue weighted by atomic mass is 16.4. The second kappa shape index (κ2) is 8.54. The number of carbonyl (C=O) groups excluding carboxylic acids is 1. The minimum Gasteiger partial charge on any atom is -0.456 e. The van der Waals surface area contributed by atoms with E-state index in [1.54, 1.807) is 0 Å². The summed E-state index contributed by atoms with van der Waals surface area (Å²) in [7, 11) is 0. The highest BCUT2D eigenvalue weighted by molar-refractivity contribution is 5.91. The van der Waals surface area contributed by atoms with Crippen molar-refractivity contribution in [2.45, 2.75) is 59.4 Å². The van der Waals surface area contributed by atoms with Crippen LogP contribution in [0.4, 0.5) is 0 Å². The van der Waals surface area contributed by atoms with Gasteiger partial charge in [0.1, 0.15) is 5.76 Å². The summed E-state index contributed by atoms with van der Waals surface area (Å²) in [4.78, 5) is 14.9. The van der Waals surface area contributed by atoms with E-state index < -0.39 is 0 Å². The third-order valence-electron chi connectivity index (χ3n) is 5.20. The second-order valence-electron chi connectivity index (χ2n) is 7.17. The topological polar surface area (TPSA) is 74.2 Å². The normalized spacial score (nSPS) is 14.9. The van der Waals surface area contributed by atoms with Crippen LogP contribution >= 0.6 is 0 Å². The molecule has 0 unspecified atom stereocenters. The maximum Gasteiger partial charge on any atom is 0.287 e. The molecule has 3 rings (SSSR count). The summed E-state index contributed by atoms with van der Waals surface area (Å²) in [5.41, 5.74) is 4.56. The van der Waals surface area contributed by atoms with Crippen molar-refractivity contribution < 1.29 is 9.21 Å². The number of hydrogen-bond acceptors (Lipinski definition) is 4. The molecule has 0 spiro atoms. The van der Waals surface area contributed by atoms with E-state index in [0.717, 1.165) is 61.6 Å². The largest absolute Gasteiger partial charge is 0.456 e. The fraction of sp³-hybridized carbons (Fsp3) is 0.600. The number of aromatic amines is 1. The molecule has 1 saturated heterocycles. The van der Waals surface area contributed by atoms with E-state index >= 15 is 0 Å². The first-order valence-electron chi connectivity index (χ1n) is 9.71. The third kappa shape index (κ3) is 4.36. The van der Waals surface area contributed by atoms with Gasteiger partial charge in [-0.15, -0.1) is 0 Å². The molecule has 0 aromatic carbocycles. The van der Waals surface area contributed by atoms with Crippen LogP contribution in [-0.4, -0.2) is 40.6 Å². The summed E-state index contributed by atoms with van der Waals surface area (Å²) in [6.07, 6.45) is 5.14. The van der Waals surface area contributed by atoms with Crippen LogP contribution in [0.2, 0.25) is 0 Å². The van der Waals surface area contributed by atoms with Crippen LogP contribution in [-0.2, 0) is 19.4 Å². The Bertz CT molecular complexity index is 722. The van der Waals surface area contributed by atoms with Crippen LogP contribution in [0, 0.1) is 13.8 Å². The van der Waals surface area contributed by atoms with Gasteiger partial charge in [-0.3, -0.25) is 14.8 Å². The van der Waals surface area contributed by atoms with Crippen molar-refractivity contribution in [1.82, 2.24) is 20.4 Å². The quantitative estimate of drug-likeness (QED) is 0.711. The number of hydrogen-bond donors (Lipinski definition) is 2. The van der Waals surface area contributed by atoms with Crippen molar-refractivity contribution in [2.24, 2.45) is 0 Å². The number of furan rings is 1. The first-order chi connectivity index (χ1) is 12.6. The molecule has 26 heavy (non-hydrogen) atoms. The Labute approximate surface area is 155 Å². The number of aryl methyl sites for hydroxylation is 3. The highest BCUT2D eigenvalue weighted by Gasteiger charge is 2.19. The van der Waals surface area contributed by atoms with Crippen LogP contribution in [0.3, 0.4) is 0 Å². The predicted molar refractivity (Wildman–Crippen MR) is 101 cm³/mol. The lowest BCUT2D eigenvalue weighted by Gasteiger charge is -2.13. The molecule has 142 valence electrons. The van der Waals surface area contributed by atoms with Crippen molar-refractivity contribution in [3.8, 4) is 0 Å². The number of amides is 1. The summed E-state index contributed by atoms with van der Waals surface area (Å²) in [6.45, 7) is 9.92. The van der Waals surface area contributed by atoms with E-state index in [2.05, 4.69) is 27.3 Å². The zero-order valence-corrected chi connectivity index (χ0v) is 16.2. The van der Waals surface area contributed by atoms with E-state index in [1.165, 1.54) is 18.4 Å². The molecule has 2 aromatic rings. The van der Waals surface area contributed by atoms with Crippen molar-refractivity contribution in [3.05, 3.63) is 40.1 Å². The molecule has 0 atom stereocenters. The molecular formula is C20H30N4O2. The Morgan fingerprint density at radius 3 is 2.77 bits per heavy atom.